The summed E-state index contributed by atoms with van der Waals surface area (Å²) in [6.07, 6.45) is 0. The summed E-state index contributed by atoms with van der Waals surface area (Å²) in [5.41, 5.74) is 4.85. The molecule has 0 saturated heterocycles. The maximum absolute atomic E-state index is 11.4. The lowest BCUT2D eigenvalue weighted by Gasteiger charge is -2.07. The van der Waals surface area contributed by atoms with Gasteiger partial charge in [0, 0.05) is 0 Å². The van der Waals surface area contributed by atoms with Gasteiger partial charge in [0.1, 0.15) is 5.75 Å². The molecular formula is C12H15N3O4. The summed E-state index contributed by atoms with van der Waals surface area (Å²) in [5, 5.41) is 4.59. The monoisotopic (exact) mass is 265 g/mol. The summed E-state index contributed by atoms with van der Waals surface area (Å²) >= 11 is 0. The van der Waals surface area contributed by atoms with Crippen LogP contribution in [0, 0.1) is 0 Å². The van der Waals surface area contributed by atoms with E-state index >= 15 is 0 Å². The fourth-order valence-corrected chi connectivity index (χ4v) is 1.14. The Morgan fingerprint density at radius 3 is 2.26 bits per heavy atom. The van der Waals surface area contributed by atoms with E-state index in [4.69, 9.17) is 10.5 Å². The standard InChI is InChI=1S/C12H15N3O4/c13-10(16)6-14-11(17)7-15-12(18)8-19-9-4-2-1-3-5-9/h1-5H,6-8H2,(H2,13,16)(H,14,17)(H,15,18). The second kappa shape index (κ2) is 7.70. The molecule has 0 atom stereocenters. The highest BCUT2D eigenvalue weighted by molar-refractivity contribution is 5.88. The fourth-order valence-electron chi connectivity index (χ4n) is 1.14. The minimum Gasteiger partial charge on any atom is -0.484 e. The number of para-hydroxylation sites is 1. The van der Waals surface area contributed by atoms with Crippen LogP contribution in [0.2, 0.25) is 0 Å². The van der Waals surface area contributed by atoms with Gasteiger partial charge in [-0.2, -0.15) is 0 Å². The molecule has 7 nitrogen and oxygen atoms in total. The van der Waals surface area contributed by atoms with Crippen LogP contribution in [0.15, 0.2) is 30.3 Å². The maximum Gasteiger partial charge on any atom is 0.258 e. The van der Waals surface area contributed by atoms with Crippen LogP contribution in [0.25, 0.3) is 0 Å². The number of carbonyl (C=O) groups excluding carboxylic acids is 3. The molecule has 1 aromatic carbocycles. The summed E-state index contributed by atoms with van der Waals surface area (Å²) in [6, 6.07) is 8.82. The minimum absolute atomic E-state index is 0.187. The van der Waals surface area contributed by atoms with Crippen molar-refractivity contribution in [3.63, 3.8) is 0 Å². The summed E-state index contributed by atoms with van der Waals surface area (Å²) in [5.74, 6) is -1.01. The first-order valence-corrected chi connectivity index (χ1v) is 5.57. The lowest BCUT2D eigenvalue weighted by molar-refractivity contribution is -0.128. The average molecular weight is 265 g/mol. The first kappa shape index (κ1) is 14.5. The van der Waals surface area contributed by atoms with Crippen LogP contribution < -0.4 is 21.1 Å². The minimum atomic E-state index is -0.646. The SMILES string of the molecule is NC(=O)CNC(=O)CNC(=O)COc1ccccc1. The van der Waals surface area contributed by atoms with Crippen molar-refractivity contribution in [1.29, 1.82) is 0 Å². The second-order valence-electron chi connectivity index (χ2n) is 3.62. The maximum atomic E-state index is 11.4. The Morgan fingerprint density at radius 1 is 1.00 bits per heavy atom. The number of nitrogens with one attached hydrogen (secondary N) is 2. The van der Waals surface area contributed by atoms with E-state index in [0.717, 1.165) is 0 Å². The van der Waals surface area contributed by atoms with Crippen molar-refractivity contribution in [1.82, 2.24) is 10.6 Å². The van der Waals surface area contributed by atoms with Gasteiger partial charge >= 0.3 is 0 Å². The molecule has 3 amide bonds. The normalized spacial score (nSPS) is 9.47. The van der Waals surface area contributed by atoms with Gasteiger partial charge in [-0.05, 0) is 12.1 Å². The third-order valence-electron chi connectivity index (χ3n) is 2.02. The molecule has 0 bridgehead atoms. The van der Waals surface area contributed by atoms with Gasteiger partial charge in [-0.15, -0.1) is 0 Å². The zero-order valence-electron chi connectivity index (χ0n) is 10.2. The molecule has 0 radical (unpaired) electrons. The van der Waals surface area contributed by atoms with Crippen LogP contribution in [0.3, 0.4) is 0 Å². The highest BCUT2D eigenvalue weighted by atomic mass is 16.5. The molecule has 0 heterocycles. The predicted molar refractivity (Wildman–Crippen MR) is 67.2 cm³/mol. The number of benzene rings is 1. The number of carbonyl (C=O) groups is 3. The molecule has 0 aliphatic carbocycles. The molecule has 7 heteroatoms. The summed E-state index contributed by atoms with van der Waals surface area (Å²) < 4.78 is 5.18. The number of primary amides is 1. The van der Waals surface area contributed by atoms with Gasteiger partial charge in [0.15, 0.2) is 6.61 Å². The number of rotatable bonds is 7. The molecule has 0 aliphatic heterocycles. The molecular weight excluding hydrogens is 250 g/mol. The van der Waals surface area contributed by atoms with Gasteiger partial charge < -0.3 is 21.1 Å². The molecule has 0 spiro atoms. The number of nitrogens with two attached hydrogens (primary N) is 1. The third-order valence-corrected chi connectivity index (χ3v) is 2.02. The molecule has 0 unspecified atom stereocenters. The Morgan fingerprint density at radius 2 is 1.63 bits per heavy atom. The lowest BCUT2D eigenvalue weighted by Crippen LogP contribution is -2.41. The van der Waals surface area contributed by atoms with Crippen LogP contribution in [0.1, 0.15) is 0 Å². The first-order valence-electron chi connectivity index (χ1n) is 5.57. The zero-order valence-corrected chi connectivity index (χ0v) is 10.2. The number of hydrogen-bond acceptors (Lipinski definition) is 4. The van der Waals surface area contributed by atoms with Crippen LogP contribution in [0.4, 0.5) is 0 Å². The Balaban J connectivity index is 2.17. The molecule has 4 N–H and O–H groups in total. The van der Waals surface area contributed by atoms with Gasteiger partial charge in [0.2, 0.25) is 11.8 Å². The Kier molecular flexibility index (Phi) is 5.87. The molecule has 0 aliphatic rings. The van der Waals surface area contributed by atoms with Gasteiger partial charge in [0.05, 0.1) is 13.1 Å². The summed E-state index contributed by atoms with van der Waals surface area (Å²) in [4.78, 5) is 32.9. The van der Waals surface area contributed by atoms with E-state index in [1.54, 1.807) is 24.3 Å². The van der Waals surface area contributed by atoms with Gasteiger partial charge in [0.25, 0.3) is 5.91 Å². The van der Waals surface area contributed by atoms with E-state index in [1.165, 1.54) is 0 Å². The van der Waals surface area contributed by atoms with Crippen molar-refractivity contribution in [2.75, 3.05) is 19.7 Å². The molecule has 0 aromatic heterocycles. The van der Waals surface area contributed by atoms with Gasteiger partial charge in [-0.1, -0.05) is 18.2 Å². The van der Waals surface area contributed by atoms with E-state index in [0.29, 0.717) is 5.75 Å². The second-order valence-corrected chi connectivity index (χ2v) is 3.62. The van der Waals surface area contributed by atoms with E-state index in [9.17, 15) is 14.4 Å². The van der Waals surface area contributed by atoms with Crippen LogP contribution >= 0.6 is 0 Å². The quantitative estimate of drug-likeness (QED) is 0.574. The zero-order chi connectivity index (χ0) is 14.1. The number of ether oxygens (including phenoxy) is 1. The van der Waals surface area contributed by atoms with Crippen molar-refractivity contribution in [3.05, 3.63) is 30.3 Å². The molecule has 1 rings (SSSR count). The smallest absolute Gasteiger partial charge is 0.258 e. The van der Waals surface area contributed by atoms with E-state index in [1.807, 2.05) is 6.07 Å². The summed E-state index contributed by atoms with van der Waals surface area (Å²) in [7, 11) is 0. The van der Waals surface area contributed by atoms with Crippen LogP contribution in [0.5, 0.6) is 5.75 Å². The number of hydrogen-bond donors (Lipinski definition) is 3. The summed E-state index contributed by atoms with van der Waals surface area (Å²) in [6.45, 7) is -0.674. The largest absolute Gasteiger partial charge is 0.484 e. The predicted octanol–water partition coefficient (Wildman–Crippen LogP) is -1.22. The average Bonchev–Trinajstić information content (AvgIpc) is 2.41. The van der Waals surface area contributed by atoms with Crippen molar-refractivity contribution in [2.24, 2.45) is 5.73 Å². The lowest BCUT2D eigenvalue weighted by atomic mass is 10.3. The van der Waals surface area contributed by atoms with Crippen LogP contribution in [-0.4, -0.2) is 37.4 Å². The first-order chi connectivity index (χ1) is 9.08. The van der Waals surface area contributed by atoms with Gasteiger partial charge in [-0.3, -0.25) is 14.4 Å². The molecule has 0 fully saturated rings. The molecule has 0 saturated carbocycles. The molecule has 1 aromatic rings. The van der Waals surface area contributed by atoms with Crippen molar-refractivity contribution >= 4 is 17.7 Å². The molecule has 102 valence electrons. The Hall–Kier alpha value is -2.57. The van der Waals surface area contributed by atoms with E-state index < -0.39 is 17.7 Å². The Labute approximate surface area is 110 Å². The van der Waals surface area contributed by atoms with Crippen molar-refractivity contribution in [3.8, 4) is 5.75 Å². The number of amides is 3. The van der Waals surface area contributed by atoms with Crippen molar-refractivity contribution in [2.45, 2.75) is 0 Å². The van der Waals surface area contributed by atoms with E-state index in [-0.39, 0.29) is 19.7 Å². The molecule has 19 heavy (non-hydrogen) atoms. The van der Waals surface area contributed by atoms with Crippen molar-refractivity contribution < 1.29 is 19.1 Å². The highest BCUT2D eigenvalue weighted by Crippen LogP contribution is 2.07. The third kappa shape index (κ3) is 6.67. The van der Waals surface area contributed by atoms with Gasteiger partial charge in [-0.25, -0.2) is 0 Å². The highest BCUT2D eigenvalue weighted by Gasteiger charge is 2.06. The van der Waals surface area contributed by atoms with Crippen LogP contribution in [-0.2, 0) is 14.4 Å². The van der Waals surface area contributed by atoms with E-state index in [2.05, 4.69) is 10.6 Å². The Bertz CT molecular complexity index is 448. The fraction of sp³-hybridized carbons (Fsp3) is 0.250. The topological polar surface area (TPSA) is 111 Å².